The number of carbonyl (C=O) groups is 1. The lowest BCUT2D eigenvalue weighted by atomic mass is 11.8. The topological polar surface area (TPSA) is 17.1 Å². The number of hydrogen-bond acceptors (Lipinski definition) is 1. The zero-order chi connectivity index (χ0) is 3.41. The fourth-order valence-electron chi connectivity index (χ4n) is 0. The van der Waals surface area contributed by atoms with E-state index in [4.69, 9.17) is 0 Å². The van der Waals surface area contributed by atoms with Gasteiger partial charge in [-0.2, -0.15) is 0 Å². The summed E-state index contributed by atoms with van der Waals surface area (Å²) in [4.78, 5) is 9.24. The molecular formula is C2H4MgO. The highest BCUT2D eigenvalue weighted by atomic mass is 24.5. The largest absolute Gasteiger partial charge is 0.459 e. The van der Waals surface area contributed by atoms with Gasteiger partial charge in [0, 0.05) is 0 Å². The van der Waals surface area contributed by atoms with Crippen molar-refractivity contribution >= 4 is 24.8 Å². The molecule has 0 fully saturated rings. The van der Waals surface area contributed by atoms with Gasteiger partial charge >= 0.3 is 20.4 Å². The first-order valence-corrected chi connectivity index (χ1v) is 3.58. The van der Waals surface area contributed by atoms with Crippen molar-refractivity contribution in [3.05, 3.63) is 0 Å². The lowest BCUT2D eigenvalue weighted by molar-refractivity contribution is 0.568. The Kier molecular flexibility index (Phi) is 3.81. The van der Waals surface area contributed by atoms with Gasteiger partial charge in [0.05, 0.1) is 0 Å². The second kappa shape index (κ2) is 3.44. The van der Waals surface area contributed by atoms with Gasteiger partial charge in [0.25, 0.3) is 0 Å². The highest BCUT2D eigenvalue weighted by Crippen LogP contribution is 1.32. The maximum absolute atomic E-state index is 9.24. The quantitative estimate of drug-likeness (QED) is 0.310. The Labute approximate surface area is 35.1 Å². The van der Waals surface area contributed by atoms with Crippen LogP contribution in [0.15, 0.2) is 0 Å². The minimum atomic E-state index is -0.256. The molecule has 0 rings (SSSR count). The average molecular weight is 68.4 g/mol. The van der Waals surface area contributed by atoms with Crippen LogP contribution >= 0.6 is 0 Å². The van der Waals surface area contributed by atoms with E-state index in [-0.39, 0.29) is 20.4 Å². The molecule has 0 aromatic rings. The molecule has 0 atom stereocenters. The highest BCUT2D eigenvalue weighted by molar-refractivity contribution is 6.65. The van der Waals surface area contributed by atoms with Crippen LogP contribution < -0.4 is 0 Å². The predicted octanol–water partition coefficient (Wildman–Crippen LogP) is -0.0711. The molecule has 0 bridgehead atoms. The summed E-state index contributed by atoms with van der Waals surface area (Å²) >= 11 is -0.256. The molecule has 0 unspecified atom stereocenters. The Morgan fingerprint density at radius 1 is 2.00 bits per heavy atom. The summed E-state index contributed by atoms with van der Waals surface area (Å²) in [6, 6.07) is 0. The van der Waals surface area contributed by atoms with E-state index < -0.39 is 0 Å². The molecule has 0 aromatic heterocycles. The molecule has 0 radical (unpaired) electrons. The molecule has 0 saturated heterocycles. The third kappa shape index (κ3) is 2.44. The van der Waals surface area contributed by atoms with E-state index in [0.29, 0.717) is 0 Å². The van der Waals surface area contributed by atoms with Crippen LogP contribution in [-0.4, -0.2) is 24.8 Å². The summed E-state index contributed by atoms with van der Waals surface area (Å²) in [5.74, 6) is 0. The Morgan fingerprint density at radius 3 is 2.25 bits per heavy atom. The minimum Gasteiger partial charge on any atom is -0.340 e. The van der Waals surface area contributed by atoms with Crippen molar-refractivity contribution in [2.45, 2.75) is 5.05 Å². The summed E-state index contributed by atoms with van der Waals surface area (Å²) < 4.78 is 1.01. The van der Waals surface area contributed by atoms with Crippen molar-refractivity contribution in [2.75, 3.05) is 0 Å². The van der Waals surface area contributed by atoms with Gasteiger partial charge in [0.2, 0.25) is 0 Å². The number of carbonyl (C=O) groups excluding carboxylic acids is 1. The van der Waals surface area contributed by atoms with E-state index in [1.165, 1.54) is 0 Å². The predicted molar refractivity (Wildman–Crippen MR) is 18.4 cm³/mol. The van der Waals surface area contributed by atoms with Gasteiger partial charge in [0.1, 0.15) is 0 Å². The molecule has 0 aliphatic heterocycles. The SMILES string of the molecule is [CH3][Mg][CH]=O. The molecule has 0 N–H and O–H groups in total. The van der Waals surface area contributed by atoms with Gasteiger partial charge in [-0.25, -0.2) is 0 Å². The molecule has 0 spiro atoms. The van der Waals surface area contributed by atoms with Gasteiger partial charge in [-0.05, 0) is 4.42 Å². The Balaban J connectivity index is 2.30. The molecule has 0 amide bonds. The maximum atomic E-state index is 9.24. The highest BCUT2D eigenvalue weighted by Gasteiger charge is 1.69. The molecule has 0 saturated carbocycles. The fraction of sp³-hybridized carbons (Fsp3) is 0.500. The zero-order valence-electron chi connectivity index (χ0n) is 2.69. The number of hydrogen-bond donors (Lipinski definition) is 0. The standard InChI is InChI=1S/CHO.CH3.Mg/c1-2;;/h1H;1H3;. The zero-order valence-corrected chi connectivity index (χ0v) is 4.11. The van der Waals surface area contributed by atoms with Crippen molar-refractivity contribution < 1.29 is 4.79 Å². The summed E-state index contributed by atoms with van der Waals surface area (Å²) in [7, 11) is 0. The molecule has 0 heterocycles. The summed E-state index contributed by atoms with van der Waals surface area (Å²) in [6.45, 7) is 0. The van der Waals surface area contributed by atoms with E-state index in [1.54, 1.807) is 0 Å². The Morgan fingerprint density at radius 2 is 2.25 bits per heavy atom. The summed E-state index contributed by atoms with van der Waals surface area (Å²) in [5.41, 5.74) is 0. The first kappa shape index (κ1) is 4.44. The fourth-order valence-corrected chi connectivity index (χ4v) is 0. The van der Waals surface area contributed by atoms with E-state index in [2.05, 4.69) is 0 Å². The van der Waals surface area contributed by atoms with E-state index in [9.17, 15) is 4.79 Å². The summed E-state index contributed by atoms with van der Waals surface area (Å²) in [5, 5.41) is 1.95. The molecule has 1 nitrogen and oxygen atoms in total. The lowest BCUT2D eigenvalue weighted by Crippen LogP contribution is -1.75. The van der Waals surface area contributed by atoms with Gasteiger partial charge in [-0.3, -0.25) is 0 Å². The van der Waals surface area contributed by atoms with Crippen LogP contribution in [0.1, 0.15) is 0 Å². The average Bonchev–Trinajstić information content (AvgIpc) is 1.37. The third-order valence-corrected chi connectivity index (χ3v) is 0.500. The van der Waals surface area contributed by atoms with Crippen LogP contribution in [0, 0.1) is 0 Å². The molecule has 4 heavy (non-hydrogen) atoms. The summed E-state index contributed by atoms with van der Waals surface area (Å²) in [6.07, 6.45) is 0. The van der Waals surface area contributed by atoms with Crippen LogP contribution in [-0.2, 0) is 4.79 Å². The van der Waals surface area contributed by atoms with Crippen molar-refractivity contribution in [1.82, 2.24) is 0 Å². The molecule has 0 aliphatic rings. The van der Waals surface area contributed by atoms with Crippen molar-refractivity contribution in [2.24, 2.45) is 0 Å². The normalized spacial score (nSPS) is 4.25. The van der Waals surface area contributed by atoms with E-state index >= 15 is 0 Å². The van der Waals surface area contributed by atoms with Crippen molar-refractivity contribution in [1.29, 1.82) is 0 Å². The molecule has 2 heteroatoms. The number of rotatable bonds is 1. The van der Waals surface area contributed by atoms with Crippen molar-refractivity contribution in [3.63, 3.8) is 0 Å². The Bertz CT molecular complexity index is 20.0. The van der Waals surface area contributed by atoms with Gasteiger partial charge in [-0.1, -0.05) is 0 Å². The van der Waals surface area contributed by atoms with Crippen LogP contribution in [0.4, 0.5) is 0 Å². The van der Waals surface area contributed by atoms with Gasteiger partial charge in [0.15, 0.2) is 0 Å². The van der Waals surface area contributed by atoms with Crippen LogP contribution in [0.3, 0.4) is 0 Å². The van der Waals surface area contributed by atoms with Gasteiger partial charge < -0.3 is 4.79 Å². The Hall–Kier alpha value is 0.436. The molecule has 0 aromatic carbocycles. The monoisotopic (exact) mass is 68.0 g/mol. The first-order chi connectivity index (χ1) is 1.91. The van der Waals surface area contributed by atoms with Crippen LogP contribution in [0.2, 0.25) is 5.05 Å². The molecule has 20 valence electrons. The van der Waals surface area contributed by atoms with Gasteiger partial charge in [-0.15, -0.1) is 5.05 Å². The maximum Gasteiger partial charge on any atom is 0.459 e. The molecular weight excluding hydrogens is 64.3 g/mol. The van der Waals surface area contributed by atoms with E-state index in [0.717, 1.165) is 4.42 Å². The van der Waals surface area contributed by atoms with Crippen LogP contribution in [0.25, 0.3) is 0 Å². The second-order valence-electron chi connectivity index (χ2n) is 0.575. The first-order valence-electron chi connectivity index (χ1n) is 1.35. The third-order valence-electron chi connectivity index (χ3n) is 0.167. The minimum absolute atomic E-state index is 0.256. The second-order valence-corrected chi connectivity index (χ2v) is 1.72. The lowest BCUT2D eigenvalue weighted by Gasteiger charge is -1.41. The molecule has 0 aliphatic carbocycles. The van der Waals surface area contributed by atoms with Crippen molar-refractivity contribution in [3.8, 4) is 0 Å². The smallest absolute Gasteiger partial charge is 0.340 e. The van der Waals surface area contributed by atoms with E-state index in [1.807, 2.05) is 5.05 Å². The van der Waals surface area contributed by atoms with Crippen LogP contribution in [0.5, 0.6) is 0 Å².